The lowest BCUT2D eigenvalue weighted by atomic mass is 9.88. The topological polar surface area (TPSA) is 123 Å². The first-order valence-corrected chi connectivity index (χ1v) is 13.2. The number of nitriles is 1. The van der Waals surface area contributed by atoms with E-state index in [0.29, 0.717) is 35.2 Å². The van der Waals surface area contributed by atoms with Gasteiger partial charge >= 0.3 is 0 Å². The molecule has 3 fully saturated rings. The van der Waals surface area contributed by atoms with E-state index in [1.807, 2.05) is 6.07 Å². The summed E-state index contributed by atoms with van der Waals surface area (Å²) in [4.78, 5) is 41.0. The van der Waals surface area contributed by atoms with Crippen molar-refractivity contribution in [3.63, 3.8) is 0 Å². The molecule has 2 aromatic rings. The Bertz CT molecular complexity index is 1360. The smallest absolute Gasteiger partial charge is 0.264 e. The second-order valence-corrected chi connectivity index (χ2v) is 11.0. The highest BCUT2D eigenvalue weighted by molar-refractivity contribution is 6.01. The van der Waals surface area contributed by atoms with Crippen molar-refractivity contribution in [3.8, 4) is 17.2 Å². The number of carbonyl (C=O) groups excluding carboxylic acids is 3. The summed E-state index contributed by atoms with van der Waals surface area (Å²) in [5.74, 6) is -7.33. The van der Waals surface area contributed by atoms with Crippen molar-refractivity contribution in [1.29, 1.82) is 5.26 Å². The summed E-state index contributed by atoms with van der Waals surface area (Å²) < 4.78 is 29.9. The zero-order valence-corrected chi connectivity index (χ0v) is 21.1. The standard InChI is InChI=1S/C29H28F2N4O4/c30-28(31)11-9-20-23(28)15-35(24(20)26(37)34-17(14-32)13-16-10-12-33-25(16)36)27(38)29(39)21-7-3-1-5-18(21)19-6-2-4-8-22(19)29/h1-8,16-17,20,23-24,39H,9-13,15H2,(H,33,36)(H,34,37)/t16-,17-,20+,23+,24+/m0/s1. The van der Waals surface area contributed by atoms with Gasteiger partial charge in [0.25, 0.3) is 11.8 Å². The molecule has 2 aliphatic heterocycles. The number of fused-ring (bicyclic) bond motifs is 4. The Hall–Kier alpha value is -3.84. The van der Waals surface area contributed by atoms with Crippen molar-refractivity contribution < 1.29 is 28.3 Å². The molecule has 0 spiro atoms. The predicted molar refractivity (Wildman–Crippen MR) is 135 cm³/mol. The number of nitrogens with zero attached hydrogens (tertiary/aromatic N) is 2. The van der Waals surface area contributed by atoms with E-state index in [4.69, 9.17) is 0 Å². The monoisotopic (exact) mass is 534 g/mol. The summed E-state index contributed by atoms with van der Waals surface area (Å²) in [5, 5.41) is 27.1. The lowest BCUT2D eigenvalue weighted by Gasteiger charge is -2.34. The second-order valence-electron chi connectivity index (χ2n) is 11.0. The van der Waals surface area contributed by atoms with Crippen LogP contribution in [0.1, 0.15) is 36.8 Å². The predicted octanol–water partition coefficient (Wildman–Crippen LogP) is 2.31. The van der Waals surface area contributed by atoms with Gasteiger partial charge in [0, 0.05) is 42.5 Å². The first-order chi connectivity index (χ1) is 18.7. The number of hydrogen-bond donors (Lipinski definition) is 3. The van der Waals surface area contributed by atoms with Gasteiger partial charge in [-0.15, -0.1) is 0 Å². The Morgan fingerprint density at radius 3 is 2.36 bits per heavy atom. The van der Waals surface area contributed by atoms with Gasteiger partial charge in [-0.2, -0.15) is 5.26 Å². The van der Waals surface area contributed by atoms with Gasteiger partial charge in [-0.05, 0) is 36.3 Å². The van der Waals surface area contributed by atoms with Crippen LogP contribution in [0.5, 0.6) is 0 Å². The van der Waals surface area contributed by atoms with E-state index in [1.54, 1.807) is 48.5 Å². The lowest BCUT2D eigenvalue weighted by molar-refractivity contribution is -0.153. The third-order valence-electron chi connectivity index (χ3n) is 8.92. The van der Waals surface area contributed by atoms with Gasteiger partial charge in [-0.1, -0.05) is 48.5 Å². The number of benzene rings is 2. The Labute approximate surface area is 224 Å². The number of rotatable bonds is 5. The molecular formula is C29H28F2N4O4. The lowest BCUT2D eigenvalue weighted by Crippen LogP contribution is -2.55. The fourth-order valence-electron chi connectivity index (χ4n) is 7.01. The Kier molecular flexibility index (Phi) is 5.95. The summed E-state index contributed by atoms with van der Waals surface area (Å²) in [6.07, 6.45) is 0.259. The van der Waals surface area contributed by atoms with Crippen LogP contribution in [-0.4, -0.2) is 58.8 Å². The number of amides is 3. The third-order valence-corrected chi connectivity index (χ3v) is 8.92. The van der Waals surface area contributed by atoms with Gasteiger partial charge in [-0.25, -0.2) is 8.78 Å². The number of likely N-dealkylation sites (tertiary alicyclic amines) is 1. The fraction of sp³-hybridized carbons (Fsp3) is 0.448. The van der Waals surface area contributed by atoms with Crippen molar-refractivity contribution >= 4 is 17.7 Å². The number of aliphatic hydroxyl groups is 1. The molecule has 39 heavy (non-hydrogen) atoms. The summed E-state index contributed by atoms with van der Waals surface area (Å²) >= 11 is 0. The van der Waals surface area contributed by atoms with Crippen LogP contribution < -0.4 is 10.6 Å². The molecule has 8 nitrogen and oxygen atoms in total. The maximum absolute atomic E-state index is 14.9. The highest BCUT2D eigenvalue weighted by Gasteiger charge is 2.63. The first kappa shape index (κ1) is 25.4. The number of nitrogens with one attached hydrogen (secondary N) is 2. The molecule has 4 aliphatic rings. The molecule has 202 valence electrons. The van der Waals surface area contributed by atoms with Crippen LogP contribution in [0.25, 0.3) is 11.1 Å². The van der Waals surface area contributed by atoms with Gasteiger partial charge in [0.15, 0.2) is 5.60 Å². The van der Waals surface area contributed by atoms with Crippen molar-refractivity contribution in [1.82, 2.24) is 15.5 Å². The van der Waals surface area contributed by atoms with Crippen LogP contribution in [0.2, 0.25) is 0 Å². The molecule has 3 N–H and O–H groups in total. The highest BCUT2D eigenvalue weighted by atomic mass is 19.3. The molecule has 5 atom stereocenters. The molecule has 2 heterocycles. The summed E-state index contributed by atoms with van der Waals surface area (Å²) in [6.45, 7) is 0.102. The molecule has 2 saturated heterocycles. The van der Waals surface area contributed by atoms with Crippen LogP contribution >= 0.6 is 0 Å². The molecule has 10 heteroatoms. The van der Waals surface area contributed by atoms with Gasteiger partial charge in [0.1, 0.15) is 12.1 Å². The van der Waals surface area contributed by atoms with E-state index in [9.17, 15) is 33.5 Å². The Balaban J connectivity index is 1.35. The van der Waals surface area contributed by atoms with Crippen LogP contribution in [0.4, 0.5) is 8.78 Å². The van der Waals surface area contributed by atoms with Crippen LogP contribution in [0.15, 0.2) is 48.5 Å². The zero-order chi connectivity index (χ0) is 27.5. The first-order valence-electron chi connectivity index (χ1n) is 13.2. The molecule has 2 aliphatic carbocycles. The van der Waals surface area contributed by atoms with Gasteiger partial charge < -0.3 is 20.6 Å². The average molecular weight is 535 g/mol. The van der Waals surface area contributed by atoms with Crippen LogP contribution in [0, 0.1) is 29.1 Å². The normalized spacial score (nSPS) is 28.2. The Morgan fingerprint density at radius 1 is 1.13 bits per heavy atom. The third kappa shape index (κ3) is 3.82. The van der Waals surface area contributed by atoms with E-state index in [-0.39, 0.29) is 25.3 Å². The highest BCUT2D eigenvalue weighted by Crippen LogP contribution is 2.54. The molecule has 6 rings (SSSR count). The summed E-state index contributed by atoms with van der Waals surface area (Å²) in [6, 6.07) is 13.5. The van der Waals surface area contributed by atoms with Crippen LogP contribution in [-0.2, 0) is 20.0 Å². The van der Waals surface area contributed by atoms with E-state index >= 15 is 0 Å². The van der Waals surface area contributed by atoms with Crippen molar-refractivity contribution in [2.45, 2.75) is 49.3 Å². The molecule has 0 radical (unpaired) electrons. The second kappa shape index (κ2) is 9.12. The number of alkyl halides is 2. The molecule has 1 saturated carbocycles. The van der Waals surface area contributed by atoms with Crippen molar-refractivity contribution in [2.24, 2.45) is 17.8 Å². The zero-order valence-electron chi connectivity index (χ0n) is 21.1. The minimum Gasteiger partial charge on any atom is -0.372 e. The summed E-state index contributed by atoms with van der Waals surface area (Å²) in [7, 11) is 0. The van der Waals surface area contributed by atoms with E-state index in [1.165, 1.54) is 0 Å². The van der Waals surface area contributed by atoms with Gasteiger partial charge in [0.05, 0.1) is 6.07 Å². The quantitative estimate of drug-likeness (QED) is 0.544. The SMILES string of the molecule is N#C[C@H](C[C@@H]1CCNC1=O)NC(=O)[C@H]1[C@@H]2CCC(F)(F)[C@@H]2CN1C(=O)C1(O)c2ccccc2-c2ccccc21. The maximum atomic E-state index is 14.9. The number of halogens is 2. The molecule has 2 aromatic carbocycles. The van der Waals surface area contributed by atoms with E-state index < -0.39 is 59.6 Å². The minimum absolute atomic E-state index is 0.0351. The van der Waals surface area contributed by atoms with Crippen LogP contribution in [0.3, 0.4) is 0 Å². The van der Waals surface area contributed by atoms with Crippen molar-refractivity contribution in [3.05, 3.63) is 59.7 Å². The molecular weight excluding hydrogens is 506 g/mol. The van der Waals surface area contributed by atoms with Gasteiger partial charge in [-0.3, -0.25) is 14.4 Å². The van der Waals surface area contributed by atoms with Gasteiger partial charge in [0.2, 0.25) is 11.8 Å². The minimum atomic E-state index is -3.07. The average Bonchev–Trinajstić information content (AvgIpc) is 3.66. The summed E-state index contributed by atoms with van der Waals surface area (Å²) in [5.41, 5.74) is -0.165. The maximum Gasteiger partial charge on any atom is 0.264 e. The Morgan fingerprint density at radius 2 is 1.77 bits per heavy atom. The largest absolute Gasteiger partial charge is 0.372 e. The number of hydrogen-bond acceptors (Lipinski definition) is 5. The van der Waals surface area contributed by atoms with Crippen molar-refractivity contribution in [2.75, 3.05) is 13.1 Å². The molecule has 0 bridgehead atoms. The number of carbonyl (C=O) groups is 3. The molecule has 3 amide bonds. The van der Waals surface area contributed by atoms with E-state index in [0.717, 1.165) is 4.90 Å². The molecule has 0 aromatic heterocycles. The molecule has 0 unspecified atom stereocenters. The van der Waals surface area contributed by atoms with E-state index in [2.05, 4.69) is 10.6 Å². The fourth-order valence-corrected chi connectivity index (χ4v) is 7.01.